The summed E-state index contributed by atoms with van der Waals surface area (Å²) in [5.74, 6) is 2.17. The van der Waals surface area contributed by atoms with Crippen molar-refractivity contribution in [2.75, 3.05) is 13.1 Å². The van der Waals surface area contributed by atoms with Crippen LogP contribution in [0.3, 0.4) is 0 Å². The molecule has 1 aliphatic heterocycles. The maximum absolute atomic E-state index is 3.38. The molecule has 54 valence electrons. The van der Waals surface area contributed by atoms with E-state index in [0.29, 0.717) is 0 Å². The molecule has 2 aliphatic rings. The molecule has 0 aromatic carbocycles. The molecule has 2 rings (SSSR count). The molecule has 1 heterocycles. The van der Waals surface area contributed by atoms with Gasteiger partial charge in [0, 0.05) is 0 Å². The van der Waals surface area contributed by atoms with Gasteiger partial charge in [-0.3, -0.25) is 0 Å². The summed E-state index contributed by atoms with van der Waals surface area (Å²) in [6.07, 6.45) is 3.00. The first-order chi connectivity index (χ1) is 4.47. The van der Waals surface area contributed by atoms with E-state index in [4.69, 9.17) is 0 Å². The molecule has 0 radical (unpaired) electrons. The van der Waals surface area contributed by atoms with Crippen molar-refractivity contribution in [1.29, 1.82) is 0 Å². The van der Waals surface area contributed by atoms with Crippen molar-refractivity contribution < 1.29 is 0 Å². The van der Waals surface area contributed by atoms with Gasteiger partial charge in [-0.15, -0.1) is 0 Å². The smallest absolute Gasteiger partial charge is 0.00173 e. The van der Waals surface area contributed by atoms with Crippen LogP contribution in [0, 0.1) is 11.8 Å². The summed E-state index contributed by atoms with van der Waals surface area (Å²) in [7, 11) is 0. The van der Waals surface area contributed by atoms with Crippen LogP contribution in [-0.4, -0.2) is 13.1 Å². The van der Waals surface area contributed by atoms with E-state index in [-0.39, 0.29) is 0 Å². The average molecular weight is 127 g/mol. The van der Waals surface area contributed by atoms with E-state index >= 15 is 0 Å². The Bertz CT molecular complexity index is 70.6. The van der Waals surface area contributed by atoms with E-state index in [0.717, 1.165) is 11.8 Å². The summed E-state index contributed by atoms with van der Waals surface area (Å²) in [6, 6.07) is 0. The highest BCUT2D eigenvalue weighted by Gasteiger charge is 2.34. The van der Waals surface area contributed by atoms with Gasteiger partial charge in [0.15, 0.2) is 0 Å². The molecule has 0 bridgehead atoms. The van der Waals surface area contributed by atoms with Gasteiger partial charge in [-0.05, 0) is 37.8 Å². The minimum Gasteiger partial charge on any atom is -0.316 e. The molecule has 1 N–H and O–H groups in total. The molecule has 9 heavy (non-hydrogen) atoms. The number of fused-ring (bicyclic) bond motifs is 1. The molecule has 2 fully saturated rings. The lowest BCUT2D eigenvalue weighted by Gasteiger charge is -2.28. The first-order valence-electron chi connectivity index (χ1n) is 4.17. The molecule has 1 saturated carbocycles. The Kier molecular flexibility index (Phi) is 2.52. The van der Waals surface area contributed by atoms with Gasteiger partial charge in [0.05, 0.1) is 0 Å². The van der Waals surface area contributed by atoms with E-state index in [1.165, 1.54) is 25.9 Å². The predicted octanol–water partition coefficient (Wildman–Crippen LogP) is 1.64. The van der Waals surface area contributed by atoms with Gasteiger partial charge in [-0.2, -0.15) is 0 Å². The third-order valence-corrected chi connectivity index (χ3v) is 2.39. The lowest BCUT2D eigenvalue weighted by molar-refractivity contribution is 0.243. The van der Waals surface area contributed by atoms with Crippen LogP contribution >= 0.6 is 0 Å². The molecular formula is C8H17N. The molecule has 1 heteroatoms. The van der Waals surface area contributed by atoms with Crippen molar-refractivity contribution in [2.24, 2.45) is 11.8 Å². The highest BCUT2D eigenvalue weighted by Crippen LogP contribution is 2.36. The molecular weight excluding hydrogens is 110 g/mol. The second-order valence-electron chi connectivity index (χ2n) is 2.76. The zero-order chi connectivity index (χ0) is 6.69. The third-order valence-electron chi connectivity index (χ3n) is 2.39. The van der Waals surface area contributed by atoms with E-state index in [9.17, 15) is 0 Å². The maximum Gasteiger partial charge on any atom is -0.00173 e. The van der Waals surface area contributed by atoms with Crippen molar-refractivity contribution in [3.63, 3.8) is 0 Å². The summed E-state index contributed by atoms with van der Waals surface area (Å²) < 4.78 is 0. The van der Waals surface area contributed by atoms with Crippen LogP contribution in [0.4, 0.5) is 0 Å². The number of rotatable bonds is 0. The lowest BCUT2D eigenvalue weighted by Crippen LogP contribution is -2.22. The summed E-state index contributed by atoms with van der Waals surface area (Å²) in [6.45, 7) is 6.62. The summed E-state index contributed by atoms with van der Waals surface area (Å²) in [5, 5.41) is 3.38. The van der Waals surface area contributed by atoms with Gasteiger partial charge in [0.1, 0.15) is 0 Å². The van der Waals surface area contributed by atoms with E-state index in [1.807, 2.05) is 13.8 Å². The summed E-state index contributed by atoms with van der Waals surface area (Å²) >= 11 is 0. The van der Waals surface area contributed by atoms with Crippen molar-refractivity contribution >= 4 is 0 Å². The fourth-order valence-electron chi connectivity index (χ4n) is 1.63. The Hall–Kier alpha value is -0.0400. The molecule has 1 nitrogen and oxygen atoms in total. The first kappa shape index (κ1) is 7.07. The number of nitrogens with one attached hydrogen (secondary N) is 1. The second kappa shape index (κ2) is 3.21. The Labute approximate surface area is 57.8 Å². The minimum absolute atomic E-state index is 1.08. The van der Waals surface area contributed by atoms with Gasteiger partial charge in [0.2, 0.25) is 0 Å². The maximum atomic E-state index is 3.38. The Morgan fingerprint density at radius 1 is 1.00 bits per heavy atom. The summed E-state index contributed by atoms with van der Waals surface area (Å²) in [5.41, 5.74) is 0. The van der Waals surface area contributed by atoms with Gasteiger partial charge >= 0.3 is 0 Å². The topological polar surface area (TPSA) is 12.0 Å². The van der Waals surface area contributed by atoms with E-state index < -0.39 is 0 Å². The van der Waals surface area contributed by atoms with Gasteiger partial charge in [-0.25, -0.2) is 0 Å². The van der Waals surface area contributed by atoms with Gasteiger partial charge in [0.25, 0.3) is 0 Å². The highest BCUT2D eigenvalue weighted by molar-refractivity contribution is 4.88. The van der Waals surface area contributed by atoms with Crippen LogP contribution in [0.25, 0.3) is 0 Å². The Morgan fingerprint density at radius 2 is 1.44 bits per heavy atom. The molecule has 0 spiro atoms. The monoisotopic (exact) mass is 127 g/mol. The number of hydrogen-bond acceptors (Lipinski definition) is 1. The molecule has 0 aromatic rings. The van der Waals surface area contributed by atoms with Crippen LogP contribution in [-0.2, 0) is 0 Å². The van der Waals surface area contributed by atoms with E-state index in [1.54, 1.807) is 0 Å². The Balaban J connectivity index is 0.000000186. The largest absolute Gasteiger partial charge is 0.316 e. The second-order valence-corrected chi connectivity index (χ2v) is 2.76. The predicted molar refractivity (Wildman–Crippen MR) is 40.4 cm³/mol. The van der Waals surface area contributed by atoms with Crippen LogP contribution in [0.15, 0.2) is 0 Å². The number of hydrogen-bond donors (Lipinski definition) is 1. The average Bonchev–Trinajstić information content (AvgIpc) is 2.17. The van der Waals surface area contributed by atoms with Gasteiger partial charge < -0.3 is 5.32 Å². The van der Waals surface area contributed by atoms with Crippen LogP contribution in [0.1, 0.15) is 26.7 Å². The summed E-state index contributed by atoms with van der Waals surface area (Å²) in [4.78, 5) is 0. The molecule has 2 atom stereocenters. The van der Waals surface area contributed by atoms with Crippen molar-refractivity contribution in [3.05, 3.63) is 0 Å². The Morgan fingerprint density at radius 3 is 1.67 bits per heavy atom. The van der Waals surface area contributed by atoms with Gasteiger partial charge in [-0.1, -0.05) is 13.8 Å². The van der Waals surface area contributed by atoms with E-state index in [2.05, 4.69) is 5.32 Å². The first-order valence-corrected chi connectivity index (χ1v) is 4.17. The normalized spacial score (nSPS) is 38.0. The molecule has 1 aliphatic carbocycles. The van der Waals surface area contributed by atoms with Crippen molar-refractivity contribution in [2.45, 2.75) is 26.7 Å². The SMILES string of the molecule is C1CC2CNCC12.CC. The van der Waals surface area contributed by atoms with Crippen molar-refractivity contribution in [1.82, 2.24) is 5.32 Å². The molecule has 1 saturated heterocycles. The fourth-order valence-corrected chi connectivity index (χ4v) is 1.63. The van der Waals surface area contributed by atoms with Crippen molar-refractivity contribution in [3.8, 4) is 0 Å². The fraction of sp³-hybridized carbons (Fsp3) is 1.00. The third kappa shape index (κ3) is 1.26. The van der Waals surface area contributed by atoms with Crippen LogP contribution in [0.5, 0.6) is 0 Å². The lowest BCUT2D eigenvalue weighted by atomic mass is 9.77. The molecule has 0 aromatic heterocycles. The quantitative estimate of drug-likeness (QED) is 0.521. The zero-order valence-corrected chi connectivity index (χ0v) is 6.48. The zero-order valence-electron chi connectivity index (χ0n) is 6.48. The van der Waals surface area contributed by atoms with Crippen LogP contribution < -0.4 is 5.32 Å². The standard InChI is InChI=1S/C6H11N.C2H6/c1-2-6-4-7-3-5(1)6;1-2/h5-7H,1-4H2;1-2H3. The minimum atomic E-state index is 1.08. The highest BCUT2D eigenvalue weighted by atomic mass is 14.9. The van der Waals surface area contributed by atoms with Crippen LogP contribution in [0.2, 0.25) is 0 Å². The molecule has 2 unspecified atom stereocenters. The molecule has 0 amide bonds.